The molecule has 0 saturated carbocycles. The van der Waals surface area contributed by atoms with Crippen molar-refractivity contribution < 1.29 is 44.3 Å². The molecule has 0 aliphatic heterocycles. The second-order valence-corrected chi connectivity index (χ2v) is 3.70. The Balaban J connectivity index is 0.00000196. The fourth-order valence-corrected chi connectivity index (χ4v) is 1.53. The van der Waals surface area contributed by atoms with Gasteiger partial charge in [-0.2, -0.15) is 0 Å². The van der Waals surface area contributed by atoms with E-state index in [2.05, 4.69) is 5.32 Å². The zero-order valence-electron chi connectivity index (χ0n) is 8.12. The van der Waals surface area contributed by atoms with Gasteiger partial charge in [0.1, 0.15) is 0 Å². The van der Waals surface area contributed by atoms with E-state index < -0.39 is 18.4 Å². The number of carbonyl (C=O) groups is 2. The third-order valence-electron chi connectivity index (χ3n) is 1.51. The summed E-state index contributed by atoms with van der Waals surface area (Å²) in [5.74, 6) is -1.71. The Morgan fingerprint density at radius 1 is 1.33 bits per heavy atom. The molecule has 0 heterocycles. The maximum atomic E-state index is 11.4. The summed E-state index contributed by atoms with van der Waals surface area (Å²) in [7, 11) is 0. The van der Waals surface area contributed by atoms with Crippen molar-refractivity contribution in [3.05, 3.63) is 33.4 Å². The van der Waals surface area contributed by atoms with Gasteiger partial charge in [0.15, 0.2) is 0 Å². The number of hydrogen-bond acceptors (Lipinski definition) is 3. The topological polar surface area (TPSA) is 69.2 Å². The minimum absolute atomic E-state index is 0. The number of aliphatic carboxylic acids is 1. The maximum absolute atomic E-state index is 11.4. The summed E-state index contributed by atoms with van der Waals surface area (Å²) >= 11 is 2.01. The van der Waals surface area contributed by atoms with Gasteiger partial charge >= 0.3 is 29.6 Å². The molecule has 1 N–H and O–H groups in total. The summed E-state index contributed by atoms with van der Waals surface area (Å²) in [5, 5.41) is 12.3. The van der Waals surface area contributed by atoms with E-state index >= 15 is 0 Å². The Kier molecular flexibility index (Phi) is 7.16. The Labute approximate surface area is 123 Å². The summed E-state index contributed by atoms with van der Waals surface area (Å²) in [4.78, 5) is 21.5. The summed E-state index contributed by atoms with van der Waals surface area (Å²) in [5.41, 5.74) is 0.467. The van der Waals surface area contributed by atoms with Gasteiger partial charge in [-0.3, -0.25) is 4.79 Å². The van der Waals surface area contributed by atoms with Gasteiger partial charge in [-0.05, 0) is 34.7 Å². The van der Waals surface area contributed by atoms with E-state index in [0.29, 0.717) is 5.56 Å². The van der Waals surface area contributed by atoms with Crippen LogP contribution in [0.5, 0.6) is 0 Å². The van der Waals surface area contributed by atoms with Crippen LogP contribution in [-0.4, -0.2) is 18.4 Å². The fourth-order valence-electron chi connectivity index (χ4n) is 0.893. The number of hydrogen-bond donors (Lipinski definition) is 1. The number of halogens is 1. The number of carboxylic acid groups (broad SMARTS) is 1. The van der Waals surface area contributed by atoms with E-state index in [1.165, 1.54) is 0 Å². The van der Waals surface area contributed by atoms with Crippen LogP contribution in [0, 0.1) is 3.57 Å². The van der Waals surface area contributed by atoms with Crippen molar-refractivity contribution in [2.45, 2.75) is 0 Å². The third-order valence-corrected chi connectivity index (χ3v) is 2.45. The molecule has 0 spiro atoms. The van der Waals surface area contributed by atoms with E-state index in [1.54, 1.807) is 24.3 Å². The van der Waals surface area contributed by atoms with Crippen molar-refractivity contribution in [2.24, 2.45) is 0 Å². The average Bonchev–Trinajstić information content (AvgIpc) is 2.15. The molecule has 1 amide bonds. The number of benzene rings is 1. The zero-order chi connectivity index (χ0) is 10.6. The number of rotatable bonds is 3. The smallest absolute Gasteiger partial charge is 0.548 e. The van der Waals surface area contributed by atoms with Crippen LogP contribution in [0.2, 0.25) is 0 Å². The molecule has 0 radical (unpaired) electrons. The summed E-state index contributed by atoms with van der Waals surface area (Å²) in [6, 6.07) is 6.92. The molecule has 0 unspecified atom stereocenters. The van der Waals surface area contributed by atoms with Crippen molar-refractivity contribution in [1.82, 2.24) is 5.32 Å². The number of nitrogens with one attached hydrogen (secondary N) is 1. The molecule has 0 fully saturated rings. The molecule has 15 heavy (non-hydrogen) atoms. The first-order valence-electron chi connectivity index (χ1n) is 3.84. The SMILES string of the molecule is O=C([O-])CNC(=O)c1ccccc1[131I].[Na+]. The predicted octanol–water partition coefficient (Wildman–Crippen LogP) is -3.23. The van der Waals surface area contributed by atoms with Crippen molar-refractivity contribution in [2.75, 3.05) is 6.54 Å². The van der Waals surface area contributed by atoms with Gasteiger partial charge in [0.25, 0.3) is 5.91 Å². The first-order chi connectivity index (χ1) is 6.61. The van der Waals surface area contributed by atoms with Gasteiger partial charge in [0.05, 0.1) is 18.1 Å². The maximum Gasteiger partial charge on any atom is 1.00 e. The monoisotopic (exact) mass is 331 g/mol. The van der Waals surface area contributed by atoms with Crippen LogP contribution in [0.3, 0.4) is 0 Å². The fraction of sp³-hybridized carbons (Fsp3) is 0.111. The first-order valence-corrected chi connectivity index (χ1v) is 4.91. The predicted molar refractivity (Wildman–Crippen MR) is 56.5 cm³/mol. The average molecular weight is 331 g/mol. The molecule has 1 rings (SSSR count). The molecule has 0 aromatic heterocycles. The largest absolute Gasteiger partial charge is 1.00 e. The van der Waals surface area contributed by atoms with Crippen LogP contribution in [0.4, 0.5) is 0 Å². The third kappa shape index (κ3) is 4.96. The number of carboxylic acids is 1. The quantitative estimate of drug-likeness (QED) is 0.468. The molecule has 0 saturated heterocycles. The normalized spacial score (nSPS) is 8.87. The van der Waals surface area contributed by atoms with Crippen LogP contribution in [0.1, 0.15) is 10.4 Å². The molecule has 6 heteroatoms. The Morgan fingerprint density at radius 3 is 2.47 bits per heavy atom. The zero-order valence-corrected chi connectivity index (χ0v) is 12.3. The molecule has 74 valence electrons. The molecule has 1 aromatic carbocycles. The van der Waals surface area contributed by atoms with Crippen LogP contribution in [0.25, 0.3) is 0 Å². The van der Waals surface area contributed by atoms with E-state index in [4.69, 9.17) is 0 Å². The number of carbonyl (C=O) groups excluding carboxylic acids is 2. The van der Waals surface area contributed by atoms with Crippen molar-refractivity contribution in [3.8, 4) is 0 Å². The standard InChI is InChI=1S/C9H8INO3.Na/c10-7-4-2-1-3-6(7)9(14)11-5-8(12)13;/h1-4H,5H2,(H,11,14)(H,12,13);/q;+1/p-1/i10+4;. The second kappa shape index (κ2) is 7.21. The van der Waals surface area contributed by atoms with Gasteiger partial charge in [-0.15, -0.1) is 0 Å². The van der Waals surface area contributed by atoms with E-state index in [9.17, 15) is 14.7 Å². The number of amides is 1. The minimum atomic E-state index is -1.30. The van der Waals surface area contributed by atoms with Gasteiger partial charge < -0.3 is 15.2 Å². The second-order valence-electron chi connectivity index (χ2n) is 2.53. The Morgan fingerprint density at radius 2 is 1.93 bits per heavy atom. The van der Waals surface area contributed by atoms with Crippen molar-refractivity contribution in [3.63, 3.8) is 0 Å². The van der Waals surface area contributed by atoms with Gasteiger partial charge in [-0.1, -0.05) is 12.1 Å². The Hall–Kier alpha value is -0.110. The van der Waals surface area contributed by atoms with Gasteiger partial charge in [-0.25, -0.2) is 0 Å². The van der Waals surface area contributed by atoms with E-state index in [1.807, 2.05) is 22.6 Å². The molecule has 1 aromatic rings. The minimum Gasteiger partial charge on any atom is -0.548 e. The molecule has 0 bridgehead atoms. The van der Waals surface area contributed by atoms with Gasteiger partial charge in [0.2, 0.25) is 0 Å². The molecule has 4 nitrogen and oxygen atoms in total. The van der Waals surface area contributed by atoms with Crippen LogP contribution >= 0.6 is 22.6 Å². The van der Waals surface area contributed by atoms with Crippen molar-refractivity contribution in [1.29, 1.82) is 0 Å². The van der Waals surface area contributed by atoms with E-state index in [-0.39, 0.29) is 29.6 Å². The molecule has 0 aliphatic carbocycles. The summed E-state index contributed by atoms with van der Waals surface area (Å²) in [6.45, 7) is -0.468. The summed E-state index contributed by atoms with van der Waals surface area (Å²) < 4.78 is 0.779. The molecular weight excluding hydrogens is 324 g/mol. The van der Waals surface area contributed by atoms with Crippen molar-refractivity contribution >= 4 is 34.5 Å². The molecular formula is C9H7INNaO3. The Bertz CT molecular complexity index is 370. The summed E-state index contributed by atoms with van der Waals surface area (Å²) in [6.07, 6.45) is 0. The van der Waals surface area contributed by atoms with Crippen LogP contribution in [0.15, 0.2) is 24.3 Å². The molecule has 0 atom stereocenters. The first kappa shape index (κ1) is 14.9. The van der Waals surface area contributed by atoms with E-state index in [0.717, 1.165) is 3.57 Å². The molecule has 0 aliphatic rings. The van der Waals surface area contributed by atoms with Crippen LogP contribution < -0.4 is 40.0 Å². The van der Waals surface area contributed by atoms with Crippen LogP contribution in [-0.2, 0) is 4.79 Å². The van der Waals surface area contributed by atoms with Gasteiger partial charge in [0, 0.05) is 3.57 Å².